The number of hydrogen-bond donors (Lipinski definition) is 2. The van der Waals surface area contributed by atoms with Crippen LogP contribution < -0.4 is 5.32 Å². The summed E-state index contributed by atoms with van der Waals surface area (Å²) in [5, 5.41) is 11.6. The number of thioether (sulfide) groups is 1. The predicted octanol–water partition coefficient (Wildman–Crippen LogP) is 2.46. The van der Waals surface area contributed by atoms with Crippen LogP contribution in [-0.2, 0) is 15.3 Å². The number of aliphatic carboxylic acids is 1. The number of nitrogens with zero attached hydrogens (tertiary/aromatic N) is 1. The zero-order chi connectivity index (χ0) is 15.5. The maximum absolute atomic E-state index is 11.7. The highest BCUT2D eigenvalue weighted by Crippen LogP contribution is 2.10. The van der Waals surface area contributed by atoms with Crippen molar-refractivity contribution in [3.8, 4) is 0 Å². The molecular formula is C15H22N2O3S. The summed E-state index contributed by atoms with van der Waals surface area (Å²) in [5.74, 6) is 0.249. The van der Waals surface area contributed by atoms with Gasteiger partial charge in [0, 0.05) is 24.1 Å². The van der Waals surface area contributed by atoms with E-state index in [4.69, 9.17) is 5.11 Å². The van der Waals surface area contributed by atoms with Gasteiger partial charge in [0.2, 0.25) is 5.91 Å². The van der Waals surface area contributed by atoms with Crippen molar-refractivity contribution in [3.05, 3.63) is 30.1 Å². The Morgan fingerprint density at radius 2 is 2.24 bits per heavy atom. The van der Waals surface area contributed by atoms with Crippen molar-refractivity contribution in [2.45, 2.75) is 44.4 Å². The lowest BCUT2D eigenvalue weighted by Crippen LogP contribution is -2.40. The van der Waals surface area contributed by atoms with Crippen LogP contribution in [0, 0.1) is 0 Å². The third kappa shape index (κ3) is 7.70. The lowest BCUT2D eigenvalue weighted by molar-refractivity contribution is -0.142. The Morgan fingerprint density at radius 3 is 2.86 bits per heavy atom. The lowest BCUT2D eigenvalue weighted by atomic mass is 10.1. The molecule has 1 heterocycles. The van der Waals surface area contributed by atoms with Crippen LogP contribution >= 0.6 is 11.8 Å². The first-order chi connectivity index (χ1) is 10.1. The SMILES string of the molecule is CCCCC(NC(=O)CCSCc1ccccn1)C(=O)O. The first kappa shape index (κ1) is 17.5. The summed E-state index contributed by atoms with van der Waals surface area (Å²) >= 11 is 1.62. The number of hydrogen-bond acceptors (Lipinski definition) is 4. The summed E-state index contributed by atoms with van der Waals surface area (Å²) < 4.78 is 0. The smallest absolute Gasteiger partial charge is 0.326 e. The lowest BCUT2D eigenvalue weighted by Gasteiger charge is -2.13. The van der Waals surface area contributed by atoms with Gasteiger partial charge in [-0.25, -0.2) is 4.79 Å². The summed E-state index contributed by atoms with van der Waals surface area (Å²) in [6.45, 7) is 2.00. The van der Waals surface area contributed by atoms with E-state index in [0.717, 1.165) is 24.3 Å². The van der Waals surface area contributed by atoms with Gasteiger partial charge >= 0.3 is 5.97 Å². The first-order valence-corrected chi connectivity index (χ1v) is 8.28. The number of carbonyl (C=O) groups excluding carboxylic acids is 1. The Hall–Kier alpha value is -1.56. The van der Waals surface area contributed by atoms with Gasteiger partial charge in [0.1, 0.15) is 6.04 Å². The molecule has 0 aliphatic rings. The average molecular weight is 310 g/mol. The van der Waals surface area contributed by atoms with E-state index >= 15 is 0 Å². The number of carboxylic acids is 1. The van der Waals surface area contributed by atoms with Gasteiger partial charge in [-0.3, -0.25) is 9.78 Å². The van der Waals surface area contributed by atoms with E-state index in [9.17, 15) is 9.59 Å². The molecule has 0 saturated carbocycles. The molecule has 0 aliphatic carbocycles. The van der Waals surface area contributed by atoms with Crippen molar-refractivity contribution in [1.82, 2.24) is 10.3 Å². The van der Waals surface area contributed by atoms with E-state index < -0.39 is 12.0 Å². The van der Waals surface area contributed by atoms with Gasteiger partial charge in [0.05, 0.1) is 5.69 Å². The minimum absolute atomic E-state index is 0.202. The molecule has 1 aromatic heterocycles. The van der Waals surface area contributed by atoms with Gasteiger partial charge in [-0.2, -0.15) is 11.8 Å². The first-order valence-electron chi connectivity index (χ1n) is 7.13. The number of carbonyl (C=O) groups is 2. The van der Waals surface area contributed by atoms with Crippen molar-refractivity contribution in [1.29, 1.82) is 0 Å². The summed E-state index contributed by atoms with van der Waals surface area (Å²) in [4.78, 5) is 27.0. The van der Waals surface area contributed by atoms with Crippen molar-refractivity contribution < 1.29 is 14.7 Å². The minimum atomic E-state index is -0.960. The van der Waals surface area contributed by atoms with Gasteiger partial charge in [-0.15, -0.1) is 0 Å². The van der Waals surface area contributed by atoms with Gasteiger partial charge in [-0.1, -0.05) is 25.8 Å². The molecule has 1 amide bonds. The standard InChI is InChI=1S/C15H22N2O3S/c1-2-3-7-13(15(19)20)17-14(18)8-10-21-11-12-6-4-5-9-16-12/h4-6,9,13H,2-3,7-8,10-11H2,1H3,(H,17,18)(H,19,20). The number of unbranched alkanes of at least 4 members (excludes halogenated alkanes) is 1. The monoisotopic (exact) mass is 310 g/mol. The Balaban J connectivity index is 2.21. The van der Waals surface area contributed by atoms with Crippen molar-refractivity contribution in [3.63, 3.8) is 0 Å². The second kappa shape index (κ2) is 10.2. The molecule has 116 valence electrons. The Morgan fingerprint density at radius 1 is 1.43 bits per heavy atom. The van der Waals surface area contributed by atoms with Gasteiger partial charge in [-0.05, 0) is 18.6 Å². The molecular weight excluding hydrogens is 288 g/mol. The molecule has 1 unspecified atom stereocenters. The van der Waals surface area contributed by atoms with E-state index in [2.05, 4.69) is 10.3 Å². The fraction of sp³-hybridized carbons (Fsp3) is 0.533. The van der Waals surface area contributed by atoms with Crippen LogP contribution in [0.15, 0.2) is 24.4 Å². The van der Waals surface area contributed by atoms with Gasteiger partial charge in [0.15, 0.2) is 0 Å². The highest BCUT2D eigenvalue weighted by molar-refractivity contribution is 7.98. The second-order valence-electron chi connectivity index (χ2n) is 4.72. The topological polar surface area (TPSA) is 79.3 Å². The molecule has 1 atom stereocenters. The molecule has 1 aromatic rings. The van der Waals surface area contributed by atoms with Crippen LogP contribution in [0.3, 0.4) is 0 Å². The minimum Gasteiger partial charge on any atom is -0.480 e. The maximum Gasteiger partial charge on any atom is 0.326 e. The van der Waals surface area contributed by atoms with E-state index in [1.165, 1.54) is 0 Å². The molecule has 0 spiro atoms. The molecule has 2 N–H and O–H groups in total. The van der Waals surface area contributed by atoms with Crippen LogP contribution in [0.5, 0.6) is 0 Å². The molecule has 0 radical (unpaired) electrons. The van der Waals surface area contributed by atoms with Crippen molar-refractivity contribution >= 4 is 23.6 Å². The molecule has 0 bridgehead atoms. The second-order valence-corrected chi connectivity index (χ2v) is 5.83. The van der Waals surface area contributed by atoms with Crippen molar-refractivity contribution in [2.75, 3.05) is 5.75 Å². The number of aromatic nitrogens is 1. The summed E-state index contributed by atoms with van der Waals surface area (Å²) in [6.07, 6.45) is 4.27. The van der Waals surface area contributed by atoms with Crippen molar-refractivity contribution in [2.24, 2.45) is 0 Å². The number of carboxylic acid groups (broad SMARTS) is 1. The van der Waals surface area contributed by atoms with Crippen LogP contribution in [0.2, 0.25) is 0 Å². The maximum atomic E-state index is 11.7. The molecule has 5 nitrogen and oxygen atoms in total. The molecule has 0 aromatic carbocycles. The fourth-order valence-electron chi connectivity index (χ4n) is 1.76. The molecule has 6 heteroatoms. The van der Waals surface area contributed by atoms with Crippen LogP contribution in [0.25, 0.3) is 0 Å². The number of amides is 1. The van der Waals surface area contributed by atoms with Crippen LogP contribution in [0.4, 0.5) is 0 Å². The van der Waals surface area contributed by atoms with Gasteiger partial charge in [0.25, 0.3) is 0 Å². The van der Waals surface area contributed by atoms with E-state index in [-0.39, 0.29) is 5.91 Å². The summed E-state index contributed by atoms with van der Waals surface area (Å²) in [5.41, 5.74) is 0.981. The normalized spacial score (nSPS) is 11.9. The quantitative estimate of drug-likeness (QED) is 0.649. The third-order valence-electron chi connectivity index (χ3n) is 2.93. The predicted molar refractivity (Wildman–Crippen MR) is 84.1 cm³/mol. The van der Waals surface area contributed by atoms with E-state index in [0.29, 0.717) is 18.6 Å². The number of pyridine rings is 1. The third-order valence-corrected chi connectivity index (χ3v) is 3.92. The fourth-order valence-corrected chi connectivity index (χ4v) is 2.61. The molecule has 0 aliphatic heterocycles. The van der Waals surface area contributed by atoms with Crippen LogP contribution in [0.1, 0.15) is 38.3 Å². The Bertz CT molecular complexity index is 440. The molecule has 0 fully saturated rings. The number of nitrogens with one attached hydrogen (secondary N) is 1. The molecule has 1 rings (SSSR count). The average Bonchev–Trinajstić information content (AvgIpc) is 2.48. The van der Waals surface area contributed by atoms with Crippen LogP contribution in [-0.4, -0.2) is 33.8 Å². The summed E-state index contributed by atoms with van der Waals surface area (Å²) in [7, 11) is 0. The van der Waals surface area contributed by atoms with E-state index in [1.54, 1.807) is 18.0 Å². The Kier molecular flexibility index (Phi) is 8.50. The highest BCUT2D eigenvalue weighted by atomic mass is 32.2. The summed E-state index contributed by atoms with van der Waals surface area (Å²) in [6, 6.07) is 4.97. The largest absolute Gasteiger partial charge is 0.480 e. The Labute approximate surface area is 129 Å². The van der Waals surface area contributed by atoms with E-state index in [1.807, 2.05) is 25.1 Å². The number of rotatable bonds is 10. The molecule has 21 heavy (non-hydrogen) atoms. The zero-order valence-corrected chi connectivity index (χ0v) is 13.1. The molecule has 0 saturated heterocycles. The highest BCUT2D eigenvalue weighted by Gasteiger charge is 2.18. The van der Waals surface area contributed by atoms with Gasteiger partial charge < -0.3 is 10.4 Å². The zero-order valence-electron chi connectivity index (χ0n) is 12.2.